The predicted molar refractivity (Wildman–Crippen MR) is 132 cm³/mol. The van der Waals surface area contributed by atoms with Gasteiger partial charge in [-0.25, -0.2) is 0 Å². The minimum Gasteiger partial charge on any atom is -0.360 e. The number of ketones is 1. The smallest absolute Gasteiger partial charge is 0.163 e. The highest BCUT2D eigenvalue weighted by Crippen LogP contribution is 2.41. The van der Waals surface area contributed by atoms with Gasteiger partial charge in [-0.15, -0.1) is 0 Å². The second-order valence-corrected chi connectivity index (χ2v) is 10.5. The Hall–Kier alpha value is -2.23. The molecule has 0 radical (unpaired) electrons. The molecular weight excluding hydrogens is 418 g/mol. The maximum Gasteiger partial charge on any atom is 0.163 e. The van der Waals surface area contributed by atoms with E-state index in [0.717, 1.165) is 51.2 Å². The van der Waals surface area contributed by atoms with Gasteiger partial charge < -0.3 is 4.74 Å². The predicted octanol–water partition coefficient (Wildman–Crippen LogP) is 7.65. The van der Waals surface area contributed by atoms with Gasteiger partial charge in [-0.2, -0.15) is 0 Å². The van der Waals surface area contributed by atoms with Crippen LogP contribution in [0.15, 0.2) is 42.5 Å². The van der Waals surface area contributed by atoms with Gasteiger partial charge in [0.05, 0.1) is 11.1 Å². The highest BCUT2D eigenvalue weighted by atomic mass is 35.5. The lowest BCUT2D eigenvalue weighted by atomic mass is 9.87. The first-order valence-corrected chi connectivity index (χ1v) is 11.9. The first-order chi connectivity index (χ1) is 15.1. The summed E-state index contributed by atoms with van der Waals surface area (Å²) >= 11 is 6.18. The SMILES string of the molecule is CC(=O)[C@@H](OC(C)(C)C)c1c(C)cc2nc(CCC3CC3)ccc2c1-c1ccc(Cl)cc1. The summed E-state index contributed by atoms with van der Waals surface area (Å²) in [4.78, 5) is 17.8. The molecule has 1 atom stereocenters. The van der Waals surface area contributed by atoms with Crippen LogP contribution in [0.1, 0.15) is 69.9 Å². The molecule has 1 aromatic heterocycles. The van der Waals surface area contributed by atoms with Gasteiger partial charge in [0.15, 0.2) is 5.78 Å². The number of halogens is 1. The third-order valence-corrected chi connectivity index (χ3v) is 6.29. The molecule has 1 aliphatic carbocycles. The molecule has 4 rings (SSSR count). The number of rotatable bonds is 7. The highest BCUT2D eigenvalue weighted by Gasteiger charge is 2.29. The fraction of sp³-hybridized carbons (Fsp3) is 0.429. The van der Waals surface area contributed by atoms with Crippen molar-refractivity contribution in [1.82, 2.24) is 4.98 Å². The van der Waals surface area contributed by atoms with Crippen LogP contribution in [0.3, 0.4) is 0 Å². The second-order valence-electron chi connectivity index (χ2n) is 10.1. The summed E-state index contributed by atoms with van der Waals surface area (Å²) in [5, 5.41) is 1.72. The average Bonchev–Trinajstić information content (AvgIpc) is 3.54. The van der Waals surface area contributed by atoms with Crippen molar-refractivity contribution < 1.29 is 9.53 Å². The van der Waals surface area contributed by atoms with Gasteiger partial charge in [0.1, 0.15) is 6.10 Å². The summed E-state index contributed by atoms with van der Waals surface area (Å²) < 4.78 is 6.30. The van der Waals surface area contributed by atoms with Crippen LogP contribution >= 0.6 is 11.6 Å². The van der Waals surface area contributed by atoms with Crippen LogP contribution < -0.4 is 0 Å². The quantitative estimate of drug-likeness (QED) is 0.371. The number of ether oxygens (including phenoxy) is 1. The molecule has 0 N–H and O–H groups in total. The topological polar surface area (TPSA) is 39.2 Å². The van der Waals surface area contributed by atoms with E-state index in [1.165, 1.54) is 19.3 Å². The van der Waals surface area contributed by atoms with Crippen molar-refractivity contribution in [1.29, 1.82) is 0 Å². The molecule has 1 fully saturated rings. The van der Waals surface area contributed by atoms with E-state index in [-0.39, 0.29) is 5.78 Å². The van der Waals surface area contributed by atoms with Gasteiger partial charge in [-0.1, -0.05) is 42.6 Å². The van der Waals surface area contributed by atoms with Crippen molar-refractivity contribution in [3.8, 4) is 11.1 Å². The van der Waals surface area contributed by atoms with Crippen molar-refractivity contribution in [3.63, 3.8) is 0 Å². The molecule has 1 aliphatic rings. The second kappa shape index (κ2) is 8.96. The molecule has 0 bridgehead atoms. The van der Waals surface area contributed by atoms with Crippen molar-refractivity contribution in [3.05, 3.63) is 64.3 Å². The molecule has 0 spiro atoms. The van der Waals surface area contributed by atoms with Gasteiger partial charge in [-0.3, -0.25) is 9.78 Å². The number of benzene rings is 2. The molecule has 2 aromatic carbocycles. The molecule has 168 valence electrons. The lowest BCUT2D eigenvalue weighted by molar-refractivity contribution is -0.138. The van der Waals surface area contributed by atoms with Crippen molar-refractivity contribution in [2.75, 3.05) is 0 Å². The number of carbonyl (C=O) groups is 1. The van der Waals surface area contributed by atoms with Crippen LogP contribution in [-0.2, 0) is 16.0 Å². The van der Waals surface area contributed by atoms with Crippen molar-refractivity contribution in [2.24, 2.45) is 5.92 Å². The van der Waals surface area contributed by atoms with E-state index in [1.54, 1.807) is 6.92 Å². The molecular formula is C28H32ClNO2. The van der Waals surface area contributed by atoms with E-state index in [1.807, 2.05) is 45.0 Å². The van der Waals surface area contributed by atoms with Gasteiger partial charge in [0, 0.05) is 16.1 Å². The molecule has 1 saturated carbocycles. The number of pyridine rings is 1. The Bertz CT molecular complexity index is 1140. The van der Waals surface area contributed by atoms with Crippen LogP contribution in [0.4, 0.5) is 0 Å². The number of carbonyl (C=O) groups excluding carboxylic acids is 1. The van der Waals surface area contributed by atoms with Crippen LogP contribution in [0.5, 0.6) is 0 Å². The Morgan fingerprint density at radius 3 is 2.44 bits per heavy atom. The lowest BCUT2D eigenvalue weighted by Gasteiger charge is -2.29. The Morgan fingerprint density at radius 2 is 1.84 bits per heavy atom. The monoisotopic (exact) mass is 449 g/mol. The zero-order chi connectivity index (χ0) is 23.0. The number of aromatic nitrogens is 1. The van der Waals surface area contributed by atoms with E-state index in [0.29, 0.717) is 5.02 Å². The van der Waals surface area contributed by atoms with Crippen LogP contribution in [0.25, 0.3) is 22.0 Å². The Labute approximate surface area is 196 Å². The molecule has 0 saturated heterocycles. The Morgan fingerprint density at radius 1 is 1.16 bits per heavy atom. The maximum absolute atomic E-state index is 12.8. The Kier molecular flexibility index (Phi) is 6.42. The minimum absolute atomic E-state index is 0.00778. The summed E-state index contributed by atoms with van der Waals surface area (Å²) in [6, 6.07) is 14.2. The molecule has 3 aromatic rings. The van der Waals surface area contributed by atoms with E-state index in [2.05, 4.69) is 25.1 Å². The summed E-state index contributed by atoms with van der Waals surface area (Å²) in [5.41, 5.74) is 5.57. The molecule has 0 aliphatic heterocycles. The standard InChI is InChI=1S/C28H32ClNO2/c1-17-16-24-23(15-14-22(30-24)13-8-19-6-7-19)26(20-9-11-21(29)12-10-20)25(17)27(18(2)31)32-28(3,4)5/h9-12,14-16,19,27H,6-8,13H2,1-5H3/t27-/m1/s1. The van der Waals surface area contributed by atoms with E-state index in [9.17, 15) is 4.79 Å². The Balaban J connectivity index is 1.91. The number of hydrogen-bond acceptors (Lipinski definition) is 3. The van der Waals surface area contributed by atoms with Crippen molar-refractivity contribution >= 4 is 28.3 Å². The zero-order valence-electron chi connectivity index (χ0n) is 19.7. The van der Waals surface area contributed by atoms with Crippen molar-refractivity contribution in [2.45, 2.75) is 72.0 Å². The fourth-order valence-electron chi connectivity index (χ4n) is 4.33. The number of nitrogens with zero attached hydrogens (tertiary/aromatic N) is 1. The van der Waals surface area contributed by atoms with Gasteiger partial charge in [0.2, 0.25) is 0 Å². The maximum atomic E-state index is 12.8. The number of Topliss-reactive ketones (excluding diaryl/α,β-unsaturated/α-hetero) is 1. The summed E-state index contributed by atoms with van der Waals surface area (Å²) in [5.74, 6) is 0.874. The lowest BCUT2D eigenvalue weighted by Crippen LogP contribution is -2.27. The highest BCUT2D eigenvalue weighted by molar-refractivity contribution is 6.30. The summed E-state index contributed by atoms with van der Waals surface area (Å²) in [7, 11) is 0. The minimum atomic E-state index is -0.653. The van der Waals surface area contributed by atoms with Crippen LogP contribution in [-0.4, -0.2) is 16.4 Å². The molecule has 0 amide bonds. The molecule has 3 nitrogen and oxygen atoms in total. The third-order valence-electron chi connectivity index (χ3n) is 6.04. The van der Waals surface area contributed by atoms with Gasteiger partial charge in [-0.05, 0) is 99.9 Å². The van der Waals surface area contributed by atoms with E-state index >= 15 is 0 Å². The molecule has 0 unspecified atom stereocenters. The first kappa shape index (κ1) is 22.9. The summed E-state index contributed by atoms with van der Waals surface area (Å²) in [6.07, 6.45) is 4.29. The van der Waals surface area contributed by atoms with Gasteiger partial charge in [0.25, 0.3) is 0 Å². The molecule has 32 heavy (non-hydrogen) atoms. The molecule has 1 heterocycles. The third kappa shape index (κ3) is 5.22. The molecule has 4 heteroatoms. The van der Waals surface area contributed by atoms with Gasteiger partial charge >= 0.3 is 0 Å². The first-order valence-electron chi connectivity index (χ1n) is 11.5. The zero-order valence-corrected chi connectivity index (χ0v) is 20.4. The largest absolute Gasteiger partial charge is 0.360 e. The van der Waals surface area contributed by atoms with Crippen LogP contribution in [0.2, 0.25) is 5.02 Å². The van der Waals surface area contributed by atoms with E-state index < -0.39 is 11.7 Å². The fourth-order valence-corrected chi connectivity index (χ4v) is 4.45. The number of aryl methyl sites for hydroxylation is 2. The number of hydrogen-bond donors (Lipinski definition) is 0. The normalized spacial score (nSPS) is 15.2. The van der Waals surface area contributed by atoms with Crippen LogP contribution in [0, 0.1) is 12.8 Å². The number of fused-ring (bicyclic) bond motifs is 1. The summed E-state index contributed by atoms with van der Waals surface area (Å²) in [6.45, 7) is 9.60. The average molecular weight is 450 g/mol. The van der Waals surface area contributed by atoms with E-state index in [4.69, 9.17) is 21.3 Å².